The van der Waals surface area contributed by atoms with Gasteiger partial charge < -0.3 is 19.3 Å². The zero-order valence-corrected chi connectivity index (χ0v) is 15.4. The van der Waals surface area contributed by atoms with Gasteiger partial charge in [-0.15, -0.1) is 0 Å². The Bertz CT molecular complexity index is 547. The second-order valence-electron chi connectivity index (χ2n) is 7.09. The molecule has 5 nitrogen and oxygen atoms in total. The van der Waals surface area contributed by atoms with E-state index in [1.165, 1.54) is 5.69 Å². The van der Waals surface area contributed by atoms with E-state index >= 15 is 0 Å². The fourth-order valence-corrected chi connectivity index (χ4v) is 3.84. The summed E-state index contributed by atoms with van der Waals surface area (Å²) in [4.78, 5) is 16.8. The van der Waals surface area contributed by atoms with E-state index in [0.717, 1.165) is 57.6 Å². The minimum absolute atomic E-state index is 0.262. The number of carbonyl (C=O) groups excluding carboxylic acids is 1. The zero-order valence-electron chi connectivity index (χ0n) is 15.4. The van der Waals surface area contributed by atoms with E-state index < -0.39 is 0 Å². The van der Waals surface area contributed by atoms with Crippen molar-refractivity contribution in [2.24, 2.45) is 0 Å². The van der Waals surface area contributed by atoms with E-state index in [1.54, 1.807) is 7.11 Å². The van der Waals surface area contributed by atoms with Gasteiger partial charge in [0, 0.05) is 44.9 Å². The average molecular weight is 346 g/mol. The Balaban J connectivity index is 1.44. The van der Waals surface area contributed by atoms with Crippen molar-refractivity contribution in [1.29, 1.82) is 0 Å². The highest BCUT2D eigenvalue weighted by atomic mass is 16.5. The summed E-state index contributed by atoms with van der Waals surface area (Å²) >= 11 is 0. The van der Waals surface area contributed by atoms with Crippen LogP contribution >= 0.6 is 0 Å². The van der Waals surface area contributed by atoms with E-state index in [-0.39, 0.29) is 5.91 Å². The summed E-state index contributed by atoms with van der Waals surface area (Å²) in [6.07, 6.45) is 6.07. The minimum Gasteiger partial charge on any atom is -0.497 e. The number of anilines is 1. The number of carbonyl (C=O) groups is 1. The normalized spacial score (nSPS) is 21.4. The first-order chi connectivity index (χ1) is 12.2. The molecule has 1 aromatic rings. The van der Waals surface area contributed by atoms with Crippen LogP contribution in [0.3, 0.4) is 0 Å². The van der Waals surface area contributed by atoms with Gasteiger partial charge in [-0.25, -0.2) is 0 Å². The third kappa shape index (κ3) is 4.66. The first kappa shape index (κ1) is 18.1. The lowest BCUT2D eigenvalue weighted by molar-refractivity contribution is -0.133. The molecule has 2 aliphatic rings. The third-order valence-corrected chi connectivity index (χ3v) is 5.55. The minimum atomic E-state index is 0.262. The van der Waals surface area contributed by atoms with Gasteiger partial charge in [0.1, 0.15) is 5.75 Å². The van der Waals surface area contributed by atoms with Crippen LogP contribution in [0.25, 0.3) is 0 Å². The molecule has 0 aliphatic carbocycles. The van der Waals surface area contributed by atoms with Crippen molar-refractivity contribution in [3.63, 3.8) is 0 Å². The summed E-state index contributed by atoms with van der Waals surface area (Å²) in [5, 5.41) is 0. The van der Waals surface area contributed by atoms with Crippen molar-refractivity contribution >= 4 is 11.6 Å². The third-order valence-electron chi connectivity index (χ3n) is 5.55. The van der Waals surface area contributed by atoms with E-state index in [0.29, 0.717) is 18.6 Å². The summed E-state index contributed by atoms with van der Waals surface area (Å²) in [6, 6.07) is 8.57. The molecule has 3 rings (SSSR count). The number of benzene rings is 1. The van der Waals surface area contributed by atoms with E-state index in [2.05, 4.69) is 17.0 Å². The second-order valence-corrected chi connectivity index (χ2v) is 7.09. The van der Waals surface area contributed by atoms with Crippen LogP contribution in [-0.2, 0) is 9.53 Å². The van der Waals surface area contributed by atoms with Crippen LogP contribution in [0.5, 0.6) is 5.75 Å². The van der Waals surface area contributed by atoms with Crippen molar-refractivity contribution in [3.05, 3.63) is 24.3 Å². The Labute approximate surface area is 150 Å². The molecule has 0 aromatic heterocycles. The predicted octanol–water partition coefficient (Wildman–Crippen LogP) is 3.08. The molecule has 25 heavy (non-hydrogen) atoms. The van der Waals surface area contributed by atoms with Crippen LogP contribution in [-0.4, -0.2) is 56.8 Å². The lowest BCUT2D eigenvalue weighted by atomic mass is 10.0. The highest BCUT2D eigenvalue weighted by Crippen LogP contribution is 2.25. The average Bonchev–Trinajstić information content (AvgIpc) is 3.19. The second kappa shape index (κ2) is 8.56. The van der Waals surface area contributed by atoms with Crippen molar-refractivity contribution < 1.29 is 14.3 Å². The number of hydrogen-bond acceptors (Lipinski definition) is 4. The summed E-state index contributed by atoms with van der Waals surface area (Å²) < 4.78 is 10.8. The Hall–Kier alpha value is -1.75. The van der Waals surface area contributed by atoms with E-state index in [4.69, 9.17) is 9.47 Å². The summed E-state index contributed by atoms with van der Waals surface area (Å²) in [6.45, 7) is 2.83. The molecule has 5 heteroatoms. The molecule has 0 unspecified atom stereocenters. The van der Waals surface area contributed by atoms with Gasteiger partial charge in [-0.05, 0) is 56.4 Å². The van der Waals surface area contributed by atoms with Crippen LogP contribution in [0.1, 0.15) is 38.5 Å². The molecule has 138 valence electrons. The molecule has 0 radical (unpaired) electrons. The van der Waals surface area contributed by atoms with E-state index in [1.807, 2.05) is 24.1 Å². The Morgan fingerprint density at radius 2 is 1.96 bits per heavy atom. The Morgan fingerprint density at radius 3 is 2.56 bits per heavy atom. The maximum absolute atomic E-state index is 12.5. The number of methoxy groups -OCH3 is 1. The van der Waals surface area contributed by atoms with Gasteiger partial charge >= 0.3 is 0 Å². The SMILES string of the molecule is COc1ccc(N2CCC(N(C)C(=O)CC[C@@H]3CCCO3)CC2)cc1. The zero-order chi connectivity index (χ0) is 17.6. The van der Waals surface area contributed by atoms with Gasteiger partial charge in [-0.1, -0.05) is 0 Å². The molecule has 0 N–H and O–H groups in total. The largest absolute Gasteiger partial charge is 0.497 e. The van der Waals surface area contributed by atoms with Crippen LogP contribution in [0.2, 0.25) is 0 Å². The lowest BCUT2D eigenvalue weighted by Crippen LogP contribution is -2.45. The van der Waals surface area contributed by atoms with Gasteiger partial charge in [0.2, 0.25) is 5.91 Å². The van der Waals surface area contributed by atoms with Crippen LogP contribution in [0.15, 0.2) is 24.3 Å². The highest BCUT2D eigenvalue weighted by molar-refractivity contribution is 5.76. The fourth-order valence-electron chi connectivity index (χ4n) is 3.84. The van der Waals surface area contributed by atoms with Gasteiger partial charge in [0.05, 0.1) is 13.2 Å². The van der Waals surface area contributed by atoms with Gasteiger partial charge in [0.15, 0.2) is 0 Å². The molecule has 2 aliphatic heterocycles. The number of hydrogen-bond donors (Lipinski definition) is 0. The number of piperidine rings is 1. The topological polar surface area (TPSA) is 42.0 Å². The number of nitrogens with zero attached hydrogens (tertiary/aromatic N) is 2. The molecule has 1 aromatic carbocycles. The van der Waals surface area contributed by atoms with Gasteiger partial charge in [-0.2, -0.15) is 0 Å². The van der Waals surface area contributed by atoms with Crippen molar-refractivity contribution in [2.75, 3.05) is 38.8 Å². The Kier molecular flexibility index (Phi) is 6.19. The summed E-state index contributed by atoms with van der Waals surface area (Å²) in [7, 11) is 3.65. The molecular formula is C20H30N2O3. The first-order valence-electron chi connectivity index (χ1n) is 9.43. The smallest absolute Gasteiger partial charge is 0.222 e. The van der Waals surface area contributed by atoms with Crippen LogP contribution in [0, 0.1) is 0 Å². The molecule has 1 amide bonds. The molecule has 2 heterocycles. The lowest BCUT2D eigenvalue weighted by Gasteiger charge is -2.38. The summed E-state index contributed by atoms with van der Waals surface area (Å²) in [5.74, 6) is 1.15. The van der Waals surface area contributed by atoms with Gasteiger partial charge in [-0.3, -0.25) is 4.79 Å². The van der Waals surface area contributed by atoms with Gasteiger partial charge in [0.25, 0.3) is 0 Å². The first-order valence-corrected chi connectivity index (χ1v) is 9.43. The van der Waals surface area contributed by atoms with Crippen molar-refractivity contribution in [2.45, 2.75) is 50.7 Å². The van der Waals surface area contributed by atoms with E-state index in [9.17, 15) is 4.79 Å². The standard InChI is InChI=1S/C20H30N2O3/c1-21(20(23)10-9-19-4-3-15-25-19)16-11-13-22(14-12-16)17-5-7-18(24-2)8-6-17/h5-8,16,19H,3-4,9-15H2,1-2H3/t19-/m0/s1. The maximum atomic E-state index is 12.5. The monoisotopic (exact) mass is 346 g/mol. The predicted molar refractivity (Wildman–Crippen MR) is 99.2 cm³/mol. The molecule has 1 atom stereocenters. The Morgan fingerprint density at radius 1 is 1.24 bits per heavy atom. The number of ether oxygens (including phenoxy) is 2. The molecule has 2 fully saturated rings. The van der Waals surface area contributed by atoms with Crippen molar-refractivity contribution in [3.8, 4) is 5.75 Å². The molecule has 0 bridgehead atoms. The van der Waals surface area contributed by atoms with Crippen LogP contribution < -0.4 is 9.64 Å². The summed E-state index contributed by atoms with van der Waals surface area (Å²) in [5.41, 5.74) is 1.23. The molecule has 0 spiro atoms. The molecule has 2 saturated heterocycles. The molecular weight excluding hydrogens is 316 g/mol. The number of amides is 1. The number of rotatable bonds is 6. The fraction of sp³-hybridized carbons (Fsp3) is 0.650. The highest BCUT2D eigenvalue weighted by Gasteiger charge is 2.26. The molecule has 0 saturated carbocycles. The van der Waals surface area contributed by atoms with Crippen molar-refractivity contribution in [1.82, 2.24) is 4.90 Å². The maximum Gasteiger partial charge on any atom is 0.222 e. The quantitative estimate of drug-likeness (QED) is 0.794. The van der Waals surface area contributed by atoms with Crippen LogP contribution in [0.4, 0.5) is 5.69 Å².